The largest absolute Gasteiger partial charge is 0.296 e. The van der Waals surface area contributed by atoms with Crippen molar-refractivity contribution in [1.29, 1.82) is 5.26 Å². The van der Waals surface area contributed by atoms with E-state index in [2.05, 4.69) is 36.9 Å². The van der Waals surface area contributed by atoms with E-state index in [1.807, 2.05) is 12.1 Å². The summed E-state index contributed by atoms with van der Waals surface area (Å²) in [5.74, 6) is 0.732. The Bertz CT molecular complexity index is 400. The van der Waals surface area contributed by atoms with Crippen LogP contribution in [0, 0.1) is 17.2 Å². The fourth-order valence-corrected chi connectivity index (χ4v) is 2.72. The van der Waals surface area contributed by atoms with E-state index >= 15 is 0 Å². The summed E-state index contributed by atoms with van der Waals surface area (Å²) in [7, 11) is 0. The van der Waals surface area contributed by atoms with Crippen molar-refractivity contribution < 1.29 is 0 Å². The molecule has 90 valence electrons. The molecular formula is C15H20N2. The monoisotopic (exact) mass is 228 g/mol. The van der Waals surface area contributed by atoms with Crippen LogP contribution in [0.4, 0.5) is 0 Å². The zero-order valence-electron chi connectivity index (χ0n) is 10.7. The zero-order chi connectivity index (χ0) is 12.3. The summed E-state index contributed by atoms with van der Waals surface area (Å²) in [6, 6.07) is 10.9. The third kappa shape index (κ3) is 2.87. The molecule has 0 radical (unpaired) electrons. The van der Waals surface area contributed by atoms with E-state index in [1.165, 1.54) is 24.9 Å². The molecule has 2 nitrogen and oxygen atoms in total. The lowest BCUT2D eigenvalue weighted by Gasteiger charge is -2.27. The second kappa shape index (κ2) is 5.33. The topological polar surface area (TPSA) is 27.0 Å². The van der Waals surface area contributed by atoms with Gasteiger partial charge in [-0.3, -0.25) is 4.90 Å². The Morgan fingerprint density at radius 3 is 2.65 bits per heavy atom. The van der Waals surface area contributed by atoms with Gasteiger partial charge in [0.25, 0.3) is 0 Å². The highest BCUT2D eigenvalue weighted by Gasteiger charge is 2.26. The normalized spacial score (nSPS) is 20.7. The van der Waals surface area contributed by atoms with Crippen LogP contribution in [0.25, 0.3) is 0 Å². The van der Waals surface area contributed by atoms with E-state index in [4.69, 9.17) is 5.26 Å². The zero-order valence-corrected chi connectivity index (χ0v) is 10.7. The van der Waals surface area contributed by atoms with Gasteiger partial charge in [0.05, 0.1) is 11.6 Å². The summed E-state index contributed by atoms with van der Waals surface area (Å²) in [4.78, 5) is 2.58. The fraction of sp³-hybridized carbons (Fsp3) is 0.533. The van der Waals surface area contributed by atoms with Crippen molar-refractivity contribution in [3.63, 3.8) is 0 Å². The van der Waals surface area contributed by atoms with Gasteiger partial charge in [-0.1, -0.05) is 26.0 Å². The molecule has 1 fully saturated rings. The number of benzene rings is 1. The highest BCUT2D eigenvalue weighted by molar-refractivity contribution is 5.31. The van der Waals surface area contributed by atoms with Gasteiger partial charge in [-0.25, -0.2) is 0 Å². The van der Waals surface area contributed by atoms with Crippen LogP contribution >= 0.6 is 0 Å². The molecule has 0 spiro atoms. The van der Waals surface area contributed by atoms with Gasteiger partial charge in [-0.2, -0.15) is 5.26 Å². The van der Waals surface area contributed by atoms with Crippen LogP contribution in [0.1, 0.15) is 37.8 Å². The average molecular weight is 228 g/mol. The summed E-state index contributed by atoms with van der Waals surface area (Å²) >= 11 is 0. The maximum atomic E-state index is 8.77. The first kappa shape index (κ1) is 12.1. The van der Waals surface area contributed by atoms with Crippen molar-refractivity contribution in [2.75, 3.05) is 6.54 Å². The van der Waals surface area contributed by atoms with Gasteiger partial charge in [0, 0.05) is 12.6 Å². The third-order valence-electron chi connectivity index (χ3n) is 3.65. The van der Waals surface area contributed by atoms with Crippen LogP contribution in [0.15, 0.2) is 24.3 Å². The van der Waals surface area contributed by atoms with E-state index in [1.54, 1.807) is 0 Å². The summed E-state index contributed by atoms with van der Waals surface area (Å²) in [6.45, 7) is 6.85. The quantitative estimate of drug-likeness (QED) is 0.794. The predicted octanol–water partition coefficient (Wildman–Crippen LogP) is 3.18. The van der Waals surface area contributed by atoms with E-state index in [0.717, 1.165) is 24.1 Å². The minimum Gasteiger partial charge on any atom is -0.296 e. The van der Waals surface area contributed by atoms with Crippen molar-refractivity contribution in [2.45, 2.75) is 39.3 Å². The van der Waals surface area contributed by atoms with Crippen molar-refractivity contribution in [1.82, 2.24) is 4.90 Å². The van der Waals surface area contributed by atoms with Crippen molar-refractivity contribution in [3.8, 4) is 6.07 Å². The number of nitrogens with zero attached hydrogens (tertiary/aromatic N) is 2. The molecule has 2 rings (SSSR count). The Balaban J connectivity index is 2.02. The Hall–Kier alpha value is -1.33. The molecule has 0 amide bonds. The first-order valence-electron chi connectivity index (χ1n) is 6.44. The van der Waals surface area contributed by atoms with E-state index < -0.39 is 0 Å². The van der Waals surface area contributed by atoms with Gasteiger partial charge in [0.15, 0.2) is 0 Å². The van der Waals surface area contributed by atoms with Crippen LogP contribution in [-0.2, 0) is 6.54 Å². The second-order valence-electron chi connectivity index (χ2n) is 5.23. The Morgan fingerprint density at radius 1 is 1.35 bits per heavy atom. The van der Waals surface area contributed by atoms with Crippen LogP contribution in [0.2, 0.25) is 0 Å². The lowest BCUT2D eigenvalue weighted by atomic mass is 10.0. The number of hydrogen-bond acceptors (Lipinski definition) is 2. The second-order valence-corrected chi connectivity index (χ2v) is 5.23. The first-order chi connectivity index (χ1) is 8.20. The molecule has 1 unspecified atom stereocenters. The smallest absolute Gasteiger partial charge is 0.0991 e. The Kier molecular flexibility index (Phi) is 3.81. The minimum atomic E-state index is 0.727. The predicted molar refractivity (Wildman–Crippen MR) is 69.4 cm³/mol. The molecule has 1 atom stereocenters. The molecule has 0 bridgehead atoms. The van der Waals surface area contributed by atoms with E-state index in [9.17, 15) is 0 Å². The summed E-state index contributed by atoms with van der Waals surface area (Å²) < 4.78 is 0. The van der Waals surface area contributed by atoms with Gasteiger partial charge < -0.3 is 0 Å². The molecule has 1 aliphatic heterocycles. The molecule has 1 aromatic carbocycles. The molecule has 17 heavy (non-hydrogen) atoms. The maximum absolute atomic E-state index is 8.77. The lowest BCUT2D eigenvalue weighted by molar-refractivity contribution is 0.199. The summed E-state index contributed by atoms with van der Waals surface area (Å²) in [5.41, 5.74) is 2.06. The van der Waals surface area contributed by atoms with E-state index in [-0.39, 0.29) is 0 Å². The Labute approximate surface area is 104 Å². The van der Waals surface area contributed by atoms with Gasteiger partial charge >= 0.3 is 0 Å². The molecule has 1 heterocycles. The lowest BCUT2D eigenvalue weighted by Crippen LogP contribution is -2.32. The van der Waals surface area contributed by atoms with Crippen molar-refractivity contribution in [3.05, 3.63) is 35.4 Å². The molecule has 1 saturated heterocycles. The van der Waals surface area contributed by atoms with Gasteiger partial charge in [-0.05, 0) is 43.0 Å². The SMILES string of the molecule is CC(C)C1CCCN1Cc1ccc(C#N)cc1. The molecule has 0 aromatic heterocycles. The van der Waals surface area contributed by atoms with Crippen LogP contribution in [0.3, 0.4) is 0 Å². The number of rotatable bonds is 3. The molecule has 1 aliphatic rings. The van der Waals surface area contributed by atoms with Crippen LogP contribution in [0.5, 0.6) is 0 Å². The number of hydrogen-bond donors (Lipinski definition) is 0. The van der Waals surface area contributed by atoms with Gasteiger partial charge in [0.1, 0.15) is 0 Å². The average Bonchev–Trinajstić information content (AvgIpc) is 2.78. The third-order valence-corrected chi connectivity index (χ3v) is 3.65. The van der Waals surface area contributed by atoms with Crippen LogP contribution in [-0.4, -0.2) is 17.5 Å². The molecular weight excluding hydrogens is 208 g/mol. The van der Waals surface area contributed by atoms with Crippen molar-refractivity contribution >= 4 is 0 Å². The maximum Gasteiger partial charge on any atom is 0.0991 e. The fourth-order valence-electron chi connectivity index (χ4n) is 2.72. The molecule has 0 N–H and O–H groups in total. The molecule has 0 aliphatic carbocycles. The number of nitriles is 1. The van der Waals surface area contributed by atoms with Crippen molar-refractivity contribution in [2.24, 2.45) is 5.92 Å². The Morgan fingerprint density at radius 2 is 2.06 bits per heavy atom. The van der Waals surface area contributed by atoms with E-state index in [0.29, 0.717) is 0 Å². The van der Waals surface area contributed by atoms with Gasteiger partial charge in [0.2, 0.25) is 0 Å². The summed E-state index contributed by atoms with van der Waals surface area (Å²) in [6.07, 6.45) is 2.65. The molecule has 1 aromatic rings. The molecule has 0 saturated carbocycles. The summed E-state index contributed by atoms with van der Waals surface area (Å²) in [5, 5.41) is 8.77. The molecule has 2 heteroatoms. The highest BCUT2D eigenvalue weighted by Crippen LogP contribution is 2.25. The van der Waals surface area contributed by atoms with Crippen LogP contribution < -0.4 is 0 Å². The standard InChI is InChI=1S/C15H20N2/c1-12(2)15-4-3-9-17(15)11-14-7-5-13(10-16)6-8-14/h5-8,12,15H,3-4,9,11H2,1-2H3. The van der Waals surface area contributed by atoms with Gasteiger partial charge in [-0.15, -0.1) is 0 Å². The number of likely N-dealkylation sites (tertiary alicyclic amines) is 1. The minimum absolute atomic E-state index is 0.727. The first-order valence-corrected chi connectivity index (χ1v) is 6.44. The highest BCUT2D eigenvalue weighted by atomic mass is 15.2.